The summed E-state index contributed by atoms with van der Waals surface area (Å²) in [7, 11) is 0. The molecule has 4 heterocycles. The predicted octanol–water partition coefficient (Wildman–Crippen LogP) is 4.35. The molecule has 0 N–H and O–H groups in total. The van der Waals surface area contributed by atoms with E-state index in [1.807, 2.05) is 63.2 Å². The van der Waals surface area contributed by atoms with Gasteiger partial charge in [0.05, 0.1) is 12.2 Å². The predicted molar refractivity (Wildman–Crippen MR) is 120 cm³/mol. The first-order valence-corrected chi connectivity index (χ1v) is 10.7. The molecule has 0 amide bonds. The maximum atomic E-state index is 5.91. The van der Waals surface area contributed by atoms with E-state index in [4.69, 9.17) is 18.4 Å². The lowest BCUT2D eigenvalue weighted by molar-refractivity contribution is 0.174. The summed E-state index contributed by atoms with van der Waals surface area (Å²) < 4.78 is 23.9. The first-order valence-electron chi connectivity index (χ1n) is 10.7. The number of hydrogen-bond acceptors (Lipinski definition) is 9. The molecule has 3 aromatic heterocycles. The van der Waals surface area contributed by atoms with Gasteiger partial charge in [-0.05, 0) is 51.1 Å². The Morgan fingerprint density at radius 3 is 2.68 bits per heavy atom. The Bertz CT molecular complexity index is 1520. The van der Waals surface area contributed by atoms with Crippen molar-refractivity contribution >= 4 is 0 Å². The molecule has 0 fully saturated rings. The van der Waals surface area contributed by atoms with Gasteiger partial charge in [-0.15, -0.1) is 5.10 Å². The first-order chi connectivity index (χ1) is 16.5. The van der Waals surface area contributed by atoms with Crippen LogP contribution in [-0.4, -0.2) is 36.9 Å². The van der Waals surface area contributed by atoms with Crippen LogP contribution < -0.4 is 9.47 Å². The molecule has 0 radical (unpaired) electrons. The van der Waals surface area contributed by atoms with E-state index < -0.39 is 0 Å². The van der Waals surface area contributed by atoms with Crippen molar-refractivity contribution in [2.24, 2.45) is 0 Å². The molecule has 170 valence electrons. The van der Waals surface area contributed by atoms with Crippen LogP contribution in [0.5, 0.6) is 11.5 Å². The van der Waals surface area contributed by atoms with Crippen molar-refractivity contribution in [2.45, 2.75) is 27.3 Å². The second-order valence-electron chi connectivity index (χ2n) is 8.06. The van der Waals surface area contributed by atoms with E-state index in [1.54, 1.807) is 4.68 Å². The van der Waals surface area contributed by atoms with Gasteiger partial charge < -0.3 is 18.4 Å². The average Bonchev–Trinajstić information content (AvgIpc) is 3.62. The van der Waals surface area contributed by atoms with Gasteiger partial charge in [0, 0.05) is 11.1 Å². The third-order valence-electron chi connectivity index (χ3n) is 5.70. The second kappa shape index (κ2) is 7.84. The van der Waals surface area contributed by atoms with E-state index >= 15 is 0 Å². The van der Waals surface area contributed by atoms with Gasteiger partial charge in [0.1, 0.15) is 11.5 Å². The fourth-order valence-electron chi connectivity index (χ4n) is 3.80. The molecule has 1 aliphatic rings. The van der Waals surface area contributed by atoms with E-state index in [1.165, 1.54) is 0 Å². The summed E-state index contributed by atoms with van der Waals surface area (Å²) in [5.41, 5.74) is 4.91. The Morgan fingerprint density at radius 2 is 1.79 bits per heavy atom. The number of hydrogen-bond donors (Lipinski definition) is 0. The highest BCUT2D eigenvalue weighted by Crippen LogP contribution is 2.35. The maximum absolute atomic E-state index is 5.91. The van der Waals surface area contributed by atoms with Crippen LogP contribution in [-0.2, 0) is 6.54 Å². The standard InChI is InChI=1S/C24H20N6O4/c1-13-5-4-6-17(9-13)23-25-18(15(3)33-23)11-30-14(2)21(27-29-30)24-26-22(28-34-24)16-7-8-19-20(10-16)32-12-31-19/h4-10H,11-12H2,1-3H3. The highest BCUT2D eigenvalue weighted by atomic mass is 16.7. The minimum atomic E-state index is 0.204. The first kappa shape index (κ1) is 20.2. The van der Waals surface area contributed by atoms with Crippen LogP contribution in [0.1, 0.15) is 22.7 Å². The van der Waals surface area contributed by atoms with Gasteiger partial charge in [-0.3, -0.25) is 0 Å². The number of aryl methyl sites for hydroxylation is 2. The number of ether oxygens (including phenoxy) is 2. The van der Waals surface area contributed by atoms with Gasteiger partial charge in [-0.25, -0.2) is 9.67 Å². The molecule has 0 unspecified atom stereocenters. The van der Waals surface area contributed by atoms with Crippen molar-refractivity contribution in [1.82, 2.24) is 30.1 Å². The van der Waals surface area contributed by atoms with Crippen molar-refractivity contribution in [2.75, 3.05) is 6.79 Å². The molecule has 0 saturated heterocycles. The molecular weight excluding hydrogens is 436 g/mol. The zero-order valence-electron chi connectivity index (χ0n) is 18.8. The van der Waals surface area contributed by atoms with Gasteiger partial charge in [-0.1, -0.05) is 28.1 Å². The van der Waals surface area contributed by atoms with E-state index in [-0.39, 0.29) is 12.7 Å². The van der Waals surface area contributed by atoms with Crippen molar-refractivity contribution in [3.8, 4) is 45.9 Å². The van der Waals surface area contributed by atoms with Crippen LogP contribution in [0.15, 0.2) is 51.4 Å². The topological polar surface area (TPSA) is 114 Å². The van der Waals surface area contributed by atoms with Crippen LogP contribution in [0, 0.1) is 20.8 Å². The van der Waals surface area contributed by atoms with Crippen molar-refractivity contribution in [1.29, 1.82) is 0 Å². The Kier molecular flexibility index (Phi) is 4.65. The summed E-state index contributed by atoms with van der Waals surface area (Å²) in [5.74, 6) is 3.38. The second-order valence-corrected chi connectivity index (χ2v) is 8.06. The van der Waals surface area contributed by atoms with E-state index in [0.29, 0.717) is 35.5 Å². The fourth-order valence-corrected chi connectivity index (χ4v) is 3.80. The quantitative estimate of drug-likeness (QED) is 0.381. The van der Waals surface area contributed by atoms with Gasteiger partial charge >= 0.3 is 0 Å². The summed E-state index contributed by atoms with van der Waals surface area (Å²) in [6.07, 6.45) is 0. The monoisotopic (exact) mass is 456 g/mol. The maximum Gasteiger partial charge on any atom is 0.280 e. The van der Waals surface area contributed by atoms with E-state index in [0.717, 1.165) is 33.8 Å². The van der Waals surface area contributed by atoms with E-state index in [9.17, 15) is 0 Å². The van der Waals surface area contributed by atoms with Gasteiger partial charge in [0.2, 0.25) is 18.5 Å². The minimum Gasteiger partial charge on any atom is -0.454 e. The lowest BCUT2D eigenvalue weighted by Crippen LogP contribution is -2.05. The molecule has 1 aliphatic heterocycles. The van der Waals surface area contributed by atoms with Gasteiger partial charge in [-0.2, -0.15) is 4.98 Å². The molecular formula is C24H20N6O4. The van der Waals surface area contributed by atoms with Crippen molar-refractivity contribution in [3.05, 3.63) is 65.2 Å². The Morgan fingerprint density at radius 1 is 0.912 bits per heavy atom. The number of benzene rings is 2. The molecule has 0 atom stereocenters. The zero-order chi connectivity index (χ0) is 23.2. The summed E-state index contributed by atoms with van der Waals surface area (Å²) in [4.78, 5) is 9.19. The normalized spacial score (nSPS) is 12.4. The Balaban J connectivity index is 1.25. The molecule has 2 aromatic carbocycles. The van der Waals surface area contributed by atoms with Crippen molar-refractivity contribution in [3.63, 3.8) is 0 Å². The van der Waals surface area contributed by atoms with Gasteiger partial charge in [0.25, 0.3) is 5.89 Å². The summed E-state index contributed by atoms with van der Waals surface area (Å²) >= 11 is 0. The lowest BCUT2D eigenvalue weighted by Gasteiger charge is -2.00. The molecule has 5 aromatic rings. The fraction of sp³-hybridized carbons (Fsp3) is 0.208. The molecule has 10 heteroatoms. The number of fused-ring (bicyclic) bond motifs is 1. The number of aromatic nitrogens is 6. The lowest BCUT2D eigenvalue weighted by atomic mass is 10.1. The number of rotatable bonds is 5. The van der Waals surface area contributed by atoms with E-state index in [2.05, 4.69) is 25.4 Å². The Hall–Kier alpha value is -4.47. The molecule has 0 bridgehead atoms. The third-order valence-corrected chi connectivity index (χ3v) is 5.70. The molecule has 10 nitrogen and oxygen atoms in total. The molecule has 34 heavy (non-hydrogen) atoms. The van der Waals surface area contributed by atoms with Gasteiger partial charge in [0.15, 0.2) is 17.2 Å². The molecule has 0 aliphatic carbocycles. The zero-order valence-corrected chi connectivity index (χ0v) is 18.8. The average molecular weight is 456 g/mol. The molecule has 6 rings (SSSR count). The Labute approximate surface area is 194 Å². The highest BCUT2D eigenvalue weighted by Gasteiger charge is 2.21. The molecule has 0 saturated carbocycles. The largest absolute Gasteiger partial charge is 0.454 e. The number of nitrogens with zero attached hydrogens (tertiary/aromatic N) is 6. The van der Waals surface area contributed by atoms with Crippen LogP contribution in [0.3, 0.4) is 0 Å². The van der Waals surface area contributed by atoms with Crippen LogP contribution in [0.4, 0.5) is 0 Å². The summed E-state index contributed by atoms with van der Waals surface area (Å²) in [6, 6.07) is 13.5. The SMILES string of the molecule is Cc1cccc(-c2nc(Cn3nnc(-c4nc(-c5ccc6c(c5)OCO6)no4)c3C)c(C)o2)c1. The minimum absolute atomic E-state index is 0.204. The summed E-state index contributed by atoms with van der Waals surface area (Å²) in [5, 5.41) is 12.6. The molecule has 0 spiro atoms. The smallest absolute Gasteiger partial charge is 0.280 e. The highest BCUT2D eigenvalue weighted by molar-refractivity contribution is 5.63. The van der Waals surface area contributed by atoms with Crippen LogP contribution in [0.25, 0.3) is 34.4 Å². The third kappa shape index (κ3) is 3.49. The van der Waals surface area contributed by atoms with Crippen LogP contribution >= 0.6 is 0 Å². The summed E-state index contributed by atoms with van der Waals surface area (Å²) in [6.45, 7) is 6.44. The van der Waals surface area contributed by atoms with Crippen molar-refractivity contribution < 1.29 is 18.4 Å². The number of oxazole rings is 1. The van der Waals surface area contributed by atoms with Crippen LogP contribution in [0.2, 0.25) is 0 Å².